The second-order valence-electron chi connectivity index (χ2n) is 5.75. The predicted octanol–water partition coefficient (Wildman–Crippen LogP) is 2.63. The van der Waals surface area contributed by atoms with E-state index in [0.29, 0.717) is 0 Å². The van der Waals surface area contributed by atoms with Crippen LogP contribution in [0.1, 0.15) is 29.5 Å². The lowest BCUT2D eigenvalue weighted by Crippen LogP contribution is -2.42. The first-order valence-corrected chi connectivity index (χ1v) is 7.97. The summed E-state index contributed by atoms with van der Waals surface area (Å²) >= 11 is 6.59. The molecule has 1 aromatic carbocycles. The number of nitrogens with zero attached hydrogens (tertiary/aromatic N) is 1. The maximum atomic E-state index is 6.59. The third-order valence-electron chi connectivity index (χ3n) is 4.42. The van der Waals surface area contributed by atoms with E-state index in [9.17, 15) is 0 Å². The van der Waals surface area contributed by atoms with Crippen LogP contribution in [0, 0.1) is 0 Å². The van der Waals surface area contributed by atoms with Crippen LogP contribution in [0.5, 0.6) is 5.75 Å². The zero-order chi connectivity index (χ0) is 13.9. The van der Waals surface area contributed by atoms with Gasteiger partial charge in [0.1, 0.15) is 5.75 Å². The number of nitrogens with one attached hydrogen (secondary N) is 1. The molecule has 2 aliphatic rings. The minimum Gasteiger partial charge on any atom is -0.495 e. The number of benzene rings is 1. The Balaban J connectivity index is 1.90. The van der Waals surface area contributed by atoms with Gasteiger partial charge in [-0.1, -0.05) is 17.7 Å². The molecule has 1 saturated heterocycles. The standard InChI is InChI=1S/C16H23ClN2O/c1-20-16-13(11-19-8-6-18-7-9-19)10-12-4-2-3-5-14(12)15(16)17/h10,18H,2-9,11H2,1H3. The highest BCUT2D eigenvalue weighted by atomic mass is 35.5. The Labute approximate surface area is 126 Å². The van der Waals surface area contributed by atoms with Crippen LogP contribution < -0.4 is 10.1 Å². The quantitative estimate of drug-likeness (QED) is 0.927. The van der Waals surface area contributed by atoms with E-state index in [4.69, 9.17) is 16.3 Å². The van der Waals surface area contributed by atoms with Crippen molar-refractivity contribution < 1.29 is 4.74 Å². The van der Waals surface area contributed by atoms with Crippen LogP contribution in [0.4, 0.5) is 0 Å². The average Bonchev–Trinajstić information content (AvgIpc) is 2.49. The van der Waals surface area contributed by atoms with Gasteiger partial charge in [-0.25, -0.2) is 0 Å². The van der Waals surface area contributed by atoms with Gasteiger partial charge in [0.05, 0.1) is 12.1 Å². The lowest BCUT2D eigenvalue weighted by molar-refractivity contribution is 0.230. The largest absolute Gasteiger partial charge is 0.495 e. The van der Waals surface area contributed by atoms with Crippen molar-refractivity contribution in [2.24, 2.45) is 0 Å². The summed E-state index contributed by atoms with van der Waals surface area (Å²) in [6.07, 6.45) is 4.78. The normalized spacial score (nSPS) is 19.7. The minimum atomic E-state index is 0.856. The number of methoxy groups -OCH3 is 1. The predicted molar refractivity (Wildman–Crippen MR) is 82.8 cm³/mol. The van der Waals surface area contributed by atoms with Crippen LogP contribution in [0.2, 0.25) is 5.02 Å². The van der Waals surface area contributed by atoms with Crippen molar-refractivity contribution in [3.8, 4) is 5.75 Å². The van der Waals surface area contributed by atoms with Gasteiger partial charge in [-0.15, -0.1) is 0 Å². The van der Waals surface area contributed by atoms with Gasteiger partial charge in [-0.3, -0.25) is 4.90 Å². The zero-order valence-corrected chi connectivity index (χ0v) is 12.9. The molecule has 0 radical (unpaired) electrons. The molecule has 0 bridgehead atoms. The molecule has 1 aromatic rings. The van der Waals surface area contributed by atoms with E-state index in [0.717, 1.165) is 56.3 Å². The van der Waals surface area contributed by atoms with Crippen LogP contribution >= 0.6 is 11.6 Å². The van der Waals surface area contributed by atoms with Crippen molar-refractivity contribution in [3.63, 3.8) is 0 Å². The van der Waals surface area contributed by atoms with Crippen molar-refractivity contribution in [1.29, 1.82) is 0 Å². The van der Waals surface area contributed by atoms with E-state index in [-0.39, 0.29) is 0 Å². The van der Waals surface area contributed by atoms with Crippen molar-refractivity contribution in [3.05, 3.63) is 27.8 Å². The van der Waals surface area contributed by atoms with Gasteiger partial charge in [0.15, 0.2) is 0 Å². The van der Waals surface area contributed by atoms with E-state index < -0.39 is 0 Å². The molecule has 110 valence electrons. The van der Waals surface area contributed by atoms with Crippen LogP contribution in [-0.2, 0) is 19.4 Å². The van der Waals surface area contributed by atoms with Gasteiger partial charge < -0.3 is 10.1 Å². The highest BCUT2D eigenvalue weighted by Gasteiger charge is 2.21. The van der Waals surface area contributed by atoms with Gasteiger partial charge in [-0.05, 0) is 36.8 Å². The highest BCUT2D eigenvalue weighted by Crippen LogP contribution is 2.38. The van der Waals surface area contributed by atoms with Gasteiger partial charge in [0, 0.05) is 38.3 Å². The van der Waals surface area contributed by atoms with Crippen LogP contribution in [0.25, 0.3) is 0 Å². The Morgan fingerprint density at radius 3 is 2.75 bits per heavy atom. The second kappa shape index (κ2) is 6.33. The fraction of sp³-hybridized carbons (Fsp3) is 0.625. The number of fused-ring (bicyclic) bond motifs is 1. The first-order valence-electron chi connectivity index (χ1n) is 7.60. The van der Waals surface area contributed by atoms with Crippen LogP contribution in [0.3, 0.4) is 0 Å². The summed E-state index contributed by atoms with van der Waals surface area (Å²) in [6, 6.07) is 2.33. The van der Waals surface area contributed by atoms with E-state index in [1.54, 1.807) is 7.11 Å². The van der Waals surface area contributed by atoms with Crippen molar-refractivity contribution >= 4 is 11.6 Å². The molecule has 0 saturated carbocycles. The molecule has 1 heterocycles. The Bertz CT molecular complexity index is 484. The molecule has 20 heavy (non-hydrogen) atoms. The summed E-state index contributed by atoms with van der Waals surface area (Å²) < 4.78 is 5.61. The maximum Gasteiger partial charge on any atom is 0.142 e. The molecule has 1 fully saturated rings. The molecular formula is C16H23ClN2O. The van der Waals surface area contributed by atoms with Gasteiger partial charge in [0.25, 0.3) is 0 Å². The Morgan fingerprint density at radius 2 is 2.00 bits per heavy atom. The molecule has 0 spiro atoms. The molecule has 0 aromatic heterocycles. The maximum absolute atomic E-state index is 6.59. The number of hydrogen-bond acceptors (Lipinski definition) is 3. The Kier molecular flexibility index (Phi) is 4.49. The Morgan fingerprint density at radius 1 is 1.25 bits per heavy atom. The van der Waals surface area contributed by atoms with E-state index in [1.807, 2.05) is 0 Å². The number of rotatable bonds is 3. The highest BCUT2D eigenvalue weighted by molar-refractivity contribution is 6.33. The van der Waals surface area contributed by atoms with Gasteiger partial charge in [-0.2, -0.15) is 0 Å². The SMILES string of the molecule is COc1c(CN2CCNCC2)cc2c(c1Cl)CCCC2. The number of aryl methyl sites for hydroxylation is 1. The molecule has 0 amide bonds. The monoisotopic (exact) mass is 294 g/mol. The lowest BCUT2D eigenvalue weighted by Gasteiger charge is -2.29. The summed E-state index contributed by atoms with van der Waals surface area (Å²) in [7, 11) is 1.73. The molecular weight excluding hydrogens is 272 g/mol. The summed E-state index contributed by atoms with van der Waals surface area (Å²) in [5.41, 5.74) is 4.01. The minimum absolute atomic E-state index is 0.856. The van der Waals surface area contributed by atoms with E-state index >= 15 is 0 Å². The molecule has 1 aliphatic carbocycles. The smallest absolute Gasteiger partial charge is 0.142 e. The second-order valence-corrected chi connectivity index (χ2v) is 6.13. The molecule has 4 heteroatoms. The van der Waals surface area contributed by atoms with E-state index in [2.05, 4.69) is 16.3 Å². The summed E-state index contributed by atoms with van der Waals surface area (Å²) in [5.74, 6) is 0.894. The molecule has 0 atom stereocenters. The van der Waals surface area contributed by atoms with Gasteiger partial charge >= 0.3 is 0 Å². The number of ether oxygens (including phenoxy) is 1. The van der Waals surface area contributed by atoms with Crippen molar-refractivity contribution in [2.45, 2.75) is 32.2 Å². The third-order valence-corrected chi connectivity index (χ3v) is 4.82. The first kappa shape index (κ1) is 14.2. The van der Waals surface area contributed by atoms with Crippen LogP contribution in [-0.4, -0.2) is 38.2 Å². The van der Waals surface area contributed by atoms with Crippen LogP contribution in [0.15, 0.2) is 6.07 Å². The van der Waals surface area contributed by atoms with Crippen molar-refractivity contribution in [1.82, 2.24) is 10.2 Å². The average molecular weight is 295 g/mol. The number of halogens is 1. The number of piperazine rings is 1. The van der Waals surface area contributed by atoms with Gasteiger partial charge in [0.2, 0.25) is 0 Å². The fourth-order valence-electron chi connectivity index (χ4n) is 3.34. The number of hydrogen-bond donors (Lipinski definition) is 1. The fourth-order valence-corrected chi connectivity index (χ4v) is 3.76. The first-order chi connectivity index (χ1) is 9.79. The molecule has 1 aliphatic heterocycles. The molecule has 3 rings (SSSR count). The zero-order valence-electron chi connectivity index (χ0n) is 12.2. The lowest BCUT2D eigenvalue weighted by atomic mass is 9.89. The molecule has 1 N–H and O–H groups in total. The third kappa shape index (κ3) is 2.80. The molecule has 3 nitrogen and oxygen atoms in total. The molecule has 0 unspecified atom stereocenters. The summed E-state index contributed by atoms with van der Waals surface area (Å²) in [5, 5.41) is 4.25. The summed E-state index contributed by atoms with van der Waals surface area (Å²) in [6.45, 7) is 5.27. The Hall–Kier alpha value is -0.770. The summed E-state index contributed by atoms with van der Waals surface area (Å²) in [4.78, 5) is 2.47. The van der Waals surface area contributed by atoms with E-state index in [1.165, 1.54) is 29.5 Å². The topological polar surface area (TPSA) is 24.5 Å². The van der Waals surface area contributed by atoms with Crippen molar-refractivity contribution in [2.75, 3.05) is 33.3 Å².